The summed E-state index contributed by atoms with van der Waals surface area (Å²) in [5.41, 5.74) is 1.21. The normalized spacial score (nSPS) is 25.1. The summed E-state index contributed by atoms with van der Waals surface area (Å²) < 4.78 is 1.82. The van der Waals surface area contributed by atoms with Gasteiger partial charge in [0, 0.05) is 37.1 Å². The Morgan fingerprint density at radius 3 is 2.73 bits per heavy atom. The number of anilines is 1. The maximum absolute atomic E-state index is 12.7. The molecule has 2 aromatic rings. The molecule has 0 aromatic carbocycles. The average Bonchev–Trinajstić information content (AvgIpc) is 3.21. The molecule has 2 atom stereocenters. The van der Waals surface area contributed by atoms with Crippen LogP contribution in [0.2, 0.25) is 0 Å². The topological polar surface area (TPSA) is 88.8 Å². The molecule has 1 aliphatic heterocycles. The molecule has 1 saturated carbocycles. The zero-order valence-electron chi connectivity index (χ0n) is 15.5. The van der Waals surface area contributed by atoms with Gasteiger partial charge >= 0.3 is 0 Å². The Labute approximate surface area is 153 Å². The van der Waals surface area contributed by atoms with E-state index >= 15 is 0 Å². The molecule has 4 rings (SSSR count). The molecule has 0 spiro atoms. The first-order valence-electron chi connectivity index (χ1n) is 9.12. The minimum absolute atomic E-state index is 0.0126. The van der Waals surface area contributed by atoms with Crippen LogP contribution in [0, 0.1) is 18.3 Å². The highest BCUT2D eigenvalue weighted by molar-refractivity contribution is 5.80. The van der Waals surface area contributed by atoms with E-state index in [0.717, 1.165) is 18.5 Å². The number of aryl methyl sites for hydroxylation is 1. The molecule has 0 radical (unpaired) electrons. The molecular weight excluding hydrogens is 330 g/mol. The smallest absolute Gasteiger partial charge is 0.225 e. The minimum Gasteiger partial charge on any atom is -0.349 e. The number of amides is 1. The lowest BCUT2D eigenvalue weighted by atomic mass is 9.64. The van der Waals surface area contributed by atoms with E-state index in [1.165, 1.54) is 0 Å². The van der Waals surface area contributed by atoms with E-state index in [9.17, 15) is 4.79 Å². The van der Waals surface area contributed by atoms with Crippen molar-refractivity contribution < 1.29 is 4.79 Å². The summed E-state index contributed by atoms with van der Waals surface area (Å²) in [4.78, 5) is 23.7. The van der Waals surface area contributed by atoms with E-state index < -0.39 is 0 Å². The predicted octanol–water partition coefficient (Wildman–Crippen LogP) is 1.36. The number of nitrogens with zero attached hydrogens (tertiary/aromatic N) is 6. The van der Waals surface area contributed by atoms with Crippen LogP contribution in [0.25, 0.3) is 0 Å². The Bertz CT molecular complexity index is 781. The lowest BCUT2D eigenvalue weighted by Gasteiger charge is -2.42. The third-order valence-electron chi connectivity index (χ3n) is 5.43. The van der Waals surface area contributed by atoms with E-state index in [1.807, 2.05) is 23.9 Å². The van der Waals surface area contributed by atoms with E-state index in [1.54, 1.807) is 12.4 Å². The van der Waals surface area contributed by atoms with Crippen LogP contribution >= 0.6 is 0 Å². The Morgan fingerprint density at radius 2 is 2.08 bits per heavy atom. The number of rotatable bonds is 4. The molecule has 1 aliphatic carbocycles. The van der Waals surface area contributed by atoms with E-state index in [2.05, 4.69) is 44.3 Å². The van der Waals surface area contributed by atoms with Crippen LogP contribution in [0.15, 0.2) is 24.7 Å². The fraction of sp³-hybridized carbons (Fsp3) is 0.611. The fourth-order valence-electron chi connectivity index (χ4n) is 4.10. The van der Waals surface area contributed by atoms with Crippen molar-refractivity contribution in [3.63, 3.8) is 0 Å². The third-order valence-corrected chi connectivity index (χ3v) is 5.43. The van der Waals surface area contributed by atoms with E-state index in [-0.39, 0.29) is 29.3 Å². The molecule has 2 aromatic heterocycles. The second-order valence-corrected chi connectivity index (χ2v) is 8.24. The van der Waals surface area contributed by atoms with Crippen molar-refractivity contribution in [2.45, 2.75) is 45.7 Å². The van der Waals surface area contributed by atoms with E-state index in [0.29, 0.717) is 19.0 Å². The van der Waals surface area contributed by atoms with Gasteiger partial charge in [-0.3, -0.25) is 4.79 Å². The zero-order chi connectivity index (χ0) is 18.3. The lowest BCUT2D eigenvalue weighted by molar-refractivity contribution is -0.132. The summed E-state index contributed by atoms with van der Waals surface area (Å²) in [6.07, 6.45) is 7.18. The van der Waals surface area contributed by atoms with Gasteiger partial charge in [0.05, 0.1) is 18.3 Å². The zero-order valence-corrected chi connectivity index (χ0v) is 15.5. The molecule has 1 saturated heterocycles. The van der Waals surface area contributed by atoms with Crippen molar-refractivity contribution in [3.05, 3.63) is 30.4 Å². The SMILES string of the molecule is Cc1ccnc(N2C[C@@H](NC(=O)C3CC(C)(C)C3)[C@@H](n3ccnn3)C2)n1. The molecule has 8 nitrogen and oxygen atoms in total. The standard InChI is InChI=1S/C18H25N7O/c1-12-4-5-19-17(21-12)24-10-14(15(11-24)25-7-6-20-23-25)22-16(26)13-8-18(2,3)9-13/h4-7,13-15H,8-11H2,1-3H3,(H,22,26)/t14-,15+/m1/s1. The number of hydrogen-bond acceptors (Lipinski definition) is 6. The molecule has 2 aliphatic rings. The number of carbonyl (C=O) groups excluding carboxylic acids is 1. The summed E-state index contributed by atoms with van der Waals surface area (Å²) in [5.74, 6) is 0.953. The maximum atomic E-state index is 12.7. The summed E-state index contributed by atoms with van der Waals surface area (Å²) >= 11 is 0. The van der Waals surface area contributed by atoms with Crippen LogP contribution in [0.4, 0.5) is 5.95 Å². The van der Waals surface area contributed by atoms with Crippen LogP contribution in [0.1, 0.15) is 38.4 Å². The van der Waals surface area contributed by atoms with Crippen LogP contribution in [-0.2, 0) is 4.79 Å². The molecule has 0 bridgehead atoms. The van der Waals surface area contributed by atoms with Crippen molar-refractivity contribution in [1.82, 2.24) is 30.3 Å². The van der Waals surface area contributed by atoms with Crippen molar-refractivity contribution >= 4 is 11.9 Å². The molecule has 26 heavy (non-hydrogen) atoms. The fourth-order valence-corrected chi connectivity index (χ4v) is 4.10. The Kier molecular flexibility index (Phi) is 4.13. The first kappa shape index (κ1) is 16.9. The number of hydrogen-bond donors (Lipinski definition) is 1. The van der Waals surface area contributed by atoms with Gasteiger partial charge in [0.25, 0.3) is 0 Å². The summed E-state index contributed by atoms with van der Waals surface area (Å²) in [5, 5.41) is 11.3. The molecule has 1 N–H and O–H groups in total. The number of aromatic nitrogens is 5. The Balaban J connectivity index is 1.50. The summed E-state index contributed by atoms with van der Waals surface area (Å²) in [6.45, 7) is 7.72. The molecule has 0 unspecified atom stereocenters. The summed E-state index contributed by atoms with van der Waals surface area (Å²) in [6, 6.07) is 1.85. The number of nitrogens with one attached hydrogen (secondary N) is 1. The van der Waals surface area contributed by atoms with Gasteiger partial charge in [-0.25, -0.2) is 14.6 Å². The number of carbonyl (C=O) groups is 1. The average molecular weight is 355 g/mol. The van der Waals surface area contributed by atoms with Crippen molar-refractivity contribution in [2.75, 3.05) is 18.0 Å². The van der Waals surface area contributed by atoms with Gasteiger partial charge in [0.2, 0.25) is 11.9 Å². The van der Waals surface area contributed by atoms with Crippen molar-refractivity contribution in [1.29, 1.82) is 0 Å². The van der Waals surface area contributed by atoms with Crippen molar-refractivity contribution in [3.8, 4) is 0 Å². The molecule has 138 valence electrons. The van der Waals surface area contributed by atoms with Gasteiger partial charge < -0.3 is 10.2 Å². The second kappa shape index (κ2) is 6.34. The molecule has 1 amide bonds. The van der Waals surface area contributed by atoms with Crippen LogP contribution < -0.4 is 10.2 Å². The van der Waals surface area contributed by atoms with Crippen molar-refractivity contribution in [2.24, 2.45) is 11.3 Å². The Morgan fingerprint density at radius 1 is 1.27 bits per heavy atom. The van der Waals surface area contributed by atoms with Gasteiger partial charge in [-0.05, 0) is 31.2 Å². The van der Waals surface area contributed by atoms with Crippen LogP contribution in [0.5, 0.6) is 0 Å². The van der Waals surface area contributed by atoms with Crippen LogP contribution in [0.3, 0.4) is 0 Å². The monoisotopic (exact) mass is 355 g/mol. The lowest BCUT2D eigenvalue weighted by Crippen LogP contribution is -2.48. The minimum atomic E-state index is -0.0444. The second-order valence-electron chi connectivity index (χ2n) is 8.24. The highest BCUT2D eigenvalue weighted by atomic mass is 16.2. The van der Waals surface area contributed by atoms with Gasteiger partial charge in [-0.2, -0.15) is 0 Å². The predicted molar refractivity (Wildman–Crippen MR) is 96.5 cm³/mol. The van der Waals surface area contributed by atoms with Gasteiger partial charge in [0.15, 0.2) is 0 Å². The Hall–Kier alpha value is -2.51. The highest BCUT2D eigenvalue weighted by Gasteiger charge is 2.43. The van der Waals surface area contributed by atoms with Gasteiger partial charge in [-0.1, -0.05) is 19.1 Å². The first-order chi connectivity index (χ1) is 12.4. The first-order valence-corrected chi connectivity index (χ1v) is 9.12. The summed E-state index contributed by atoms with van der Waals surface area (Å²) in [7, 11) is 0. The van der Waals surface area contributed by atoms with Crippen LogP contribution in [-0.4, -0.2) is 50.0 Å². The van der Waals surface area contributed by atoms with Gasteiger partial charge in [0.1, 0.15) is 0 Å². The largest absolute Gasteiger partial charge is 0.349 e. The van der Waals surface area contributed by atoms with E-state index in [4.69, 9.17) is 0 Å². The molecule has 8 heteroatoms. The third kappa shape index (κ3) is 3.27. The quantitative estimate of drug-likeness (QED) is 0.891. The maximum Gasteiger partial charge on any atom is 0.225 e. The molecule has 3 heterocycles. The highest BCUT2D eigenvalue weighted by Crippen LogP contribution is 2.44. The molecule has 2 fully saturated rings. The van der Waals surface area contributed by atoms with Gasteiger partial charge in [-0.15, -0.1) is 5.10 Å². The molecular formula is C18H25N7O.